The summed E-state index contributed by atoms with van der Waals surface area (Å²) in [7, 11) is 1.54. The third-order valence-electron chi connectivity index (χ3n) is 6.07. The number of rotatable bonds is 6. The zero-order valence-corrected chi connectivity index (χ0v) is 22.9. The molecule has 0 aromatic heterocycles. The van der Waals surface area contributed by atoms with E-state index in [1.54, 1.807) is 65.8 Å². The lowest BCUT2D eigenvalue weighted by Gasteiger charge is -2.35. The lowest BCUT2D eigenvalue weighted by atomic mass is 9.81. The molecular formula is C27H37F2NO8. The fourth-order valence-corrected chi connectivity index (χ4v) is 4.33. The number of ether oxygens (including phenoxy) is 5. The van der Waals surface area contributed by atoms with Crippen LogP contribution in [0.5, 0.6) is 5.75 Å². The molecule has 1 aromatic rings. The maximum Gasteiger partial charge on any atom is 0.509 e. The number of alkyl halides is 2. The Morgan fingerprint density at radius 3 is 2.03 bits per heavy atom. The van der Waals surface area contributed by atoms with Gasteiger partial charge >= 0.3 is 18.2 Å². The number of amides is 1. The average molecular weight is 542 g/mol. The van der Waals surface area contributed by atoms with Crippen LogP contribution in [0.2, 0.25) is 0 Å². The number of methoxy groups -OCH3 is 1. The van der Waals surface area contributed by atoms with Crippen molar-refractivity contribution < 1.29 is 46.8 Å². The van der Waals surface area contributed by atoms with Crippen LogP contribution in [-0.4, -0.2) is 72.1 Å². The summed E-state index contributed by atoms with van der Waals surface area (Å²) in [5, 5.41) is 0. The van der Waals surface area contributed by atoms with Crippen LogP contribution in [0, 0.1) is 5.92 Å². The van der Waals surface area contributed by atoms with Gasteiger partial charge in [0.15, 0.2) is 12.2 Å². The summed E-state index contributed by atoms with van der Waals surface area (Å²) in [5.41, 5.74) is -0.902. The van der Waals surface area contributed by atoms with Crippen LogP contribution in [0.1, 0.15) is 59.9 Å². The fraction of sp³-hybridized carbons (Fsp3) is 0.667. The van der Waals surface area contributed by atoms with Crippen LogP contribution < -0.4 is 4.74 Å². The van der Waals surface area contributed by atoms with E-state index < -0.39 is 72.4 Å². The Morgan fingerprint density at radius 1 is 0.947 bits per heavy atom. The summed E-state index contributed by atoms with van der Waals surface area (Å²) in [6.07, 6.45) is -4.97. The molecule has 9 nitrogen and oxygen atoms in total. The standard InChI is InChI=1S/C27H37F2NO8/c1-25(2,3)37-23(32)30-15-20(35-24(33)38-26(4,5)6)21(36-22(31)17-13-27(28,29)14-17)19(30)12-16-8-10-18(34-7)11-9-16/h8-11,17,19-21H,12-15H2,1-7H3/t19-,20+,21+/m1/s1. The smallest absolute Gasteiger partial charge is 0.497 e. The zero-order valence-electron chi connectivity index (χ0n) is 22.9. The number of carbonyl (C=O) groups is 3. The first kappa shape index (κ1) is 29.4. The molecule has 0 N–H and O–H groups in total. The number of carbonyl (C=O) groups excluding carboxylic acids is 3. The molecule has 38 heavy (non-hydrogen) atoms. The summed E-state index contributed by atoms with van der Waals surface area (Å²) in [4.78, 5) is 39.9. The van der Waals surface area contributed by atoms with E-state index >= 15 is 0 Å². The van der Waals surface area contributed by atoms with Crippen molar-refractivity contribution in [3.63, 3.8) is 0 Å². The number of nitrogens with zero attached hydrogens (tertiary/aromatic N) is 1. The zero-order chi connectivity index (χ0) is 28.5. The van der Waals surface area contributed by atoms with Crippen LogP contribution in [-0.2, 0) is 30.2 Å². The van der Waals surface area contributed by atoms with Crippen molar-refractivity contribution in [3.8, 4) is 5.75 Å². The highest BCUT2D eigenvalue weighted by Crippen LogP contribution is 2.43. The molecule has 0 unspecified atom stereocenters. The minimum absolute atomic E-state index is 0.145. The number of halogens is 2. The first-order valence-electron chi connectivity index (χ1n) is 12.6. The van der Waals surface area contributed by atoms with Crippen molar-refractivity contribution in [3.05, 3.63) is 29.8 Å². The van der Waals surface area contributed by atoms with Gasteiger partial charge in [-0.1, -0.05) is 12.1 Å². The first-order chi connectivity index (χ1) is 17.5. The van der Waals surface area contributed by atoms with Crippen molar-refractivity contribution in [2.75, 3.05) is 13.7 Å². The van der Waals surface area contributed by atoms with Crippen molar-refractivity contribution in [1.29, 1.82) is 0 Å². The Balaban J connectivity index is 1.91. The monoisotopic (exact) mass is 541 g/mol. The van der Waals surface area contributed by atoms with Gasteiger partial charge in [0.25, 0.3) is 0 Å². The molecule has 0 spiro atoms. The fourth-order valence-electron chi connectivity index (χ4n) is 4.33. The normalized spacial score (nSPS) is 23.3. The lowest BCUT2D eigenvalue weighted by molar-refractivity contribution is -0.181. The van der Waals surface area contributed by atoms with Crippen LogP contribution in [0.15, 0.2) is 24.3 Å². The highest BCUT2D eigenvalue weighted by atomic mass is 19.3. The predicted octanol–water partition coefficient (Wildman–Crippen LogP) is 5.13. The quantitative estimate of drug-likeness (QED) is 0.361. The van der Waals surface area contributed by atoms with Gasteiger partial charge < -0.3 is 23.7 Å². The number of esters is 1. The number of likely N-dealkylation sites (tertiary alicyclic amines) is 1. The molecule has 1 heterocycles. The maximum absolute atomic E-state index is 13.4. The largest absolute Gasteiger partial charge is 0.509 e. The molecule has 2 aliphatic rings. The van der Waals surface area contributed by atoms with Crippen LogP contribution >= 0.6 is 0 Å². The van der Waals surface area contributed by atoms with Gasteiger partial charge in [-0.2, -0.15) is 0 Å². The maximum atomic E-state index is 13.4. The van der Waals surface area contributed by atoms with Gasteiger partial charge in [0, 0.05) is 12.8 Å². The van der Waals surface area contributed by atoms with E-state index in [0.717, 1.165) is 5.56 Å². The first-order valence-corrected chi connectivity index (χ1v) is 12.6. The number of benzene rings is 1. The second-order valence-electron chi connectivity index (χ2n) is 11.7. The molecule has 1 saturated heterocycles. The molecule has 0 bridgehead atoms. The SMILES string of the molecule is COc1ccc(C[C@@H]2[C@H](OC(=O)C3CC(F)(F)C3)[C@@H](OC(=O)OC(C)(C)C)CN2C(=O)OC(C)(C)C)cc1. The Kier molecular flexibility index (Phi) is 8.48. The van der Waals surface area contributed by atoms with Gasteiger partial charge in [0.2, 0.25) is 5.92 Å². The average Bonchev–Trinajstić information content (AvgIpc) is 3.06. The molecular weight excluding hydrogens is 504 g/mol. The number of hydrogen-bond donors (Lipinski definition) is 0. The van der Waals surface area contributed by atoms with Crippen molar-refractivity contribution >= 4 is 18.2 Å². The van der Waals surface area contributed by atoms with Gasteiger partial charge in [-0.05, 0) is 65.7 Å². The minimum Gasteiger partial charge on any atom is -0.497 e. The topological polar surface area (TPSA) is 101 Å². The Morgan fingerprint density at radius 2 is 1.53 bits per heavy atom. The predicted molar refractivity (Wildman–Crippen MR) is 132 cm³/mol. The van der Waals surface area contributed by atoms with E-state index in [1.807, 2.05) is 0 Å². The Bertz CT molecular complexity index is 1010. The highest BCUT2D eigenvalue weighted by Gasteiger charge is 2.54. The van der Waals surface area contributed by atoms with Crippen LogP contribution in [0.3, 0.4) is 0 Å². The Hall–Kier alpha value is -3.11. The molecule has 1 aromatic carbocycles. The third-order valence-corrected chi connectivity index (χ3v) is 6.07. The molecule has 1 aliphatic heterocycles. The van der Waals surface area contributed by atoms with E-state index in [9.17, 15) is 23.2 Å². The van der Waals surface area contributed by atoms with E-state index in [2.05, 4.69) is 0 Å². The van der Waals surface area contributed by atoms with Gasteiger partial charge in [-0.3, -0.25) is 9.69 Å². The second kappa shape index (κ2) is 10.9. The molecule has 2 fully saturated rings. The van der Waals surface area contributed by atoms with Gasteiger partial charge in [0.05, 0.1) is 25.6 Å². The second-order valence-corrected chi connectivity index (χ2v) is 11.7. The van der Waals surface area contributed by atoms with E-state index in [1.165, 1.54) is 12.0 Å². The summed E-state index contributed by atoms with van der Waals surface area (Å²) in [6, 6.07) is 6.26. The van der Waals surface area contributed by atoms with Gasteiger partial charge in [0.1, 0.15) is 17.0 Å². The van der Waals surface area contributed by atoms with Crippen LogP contribution in [0.25, 0.3) is 0 Å². The lowest BCUT2D eigenvalue weighted by Crippen LogP contribution is -2.48. The molecule has 1 amide bonds. The highest BCUT2D eigenvalue weighted by molar-refractivity contribution is 5.75. The van der Waals surface area contributed by atoms with Crippen molar-refractivity contribution in [1.82, 2.24) is 4.90 Å². The van der Waals surface area contributed by atoms with Crippen molar-refractivity contribution in [2.45, 2.75) is 96.2 Å². The third kappa shape index (κ3) is 7.94. The minimum atomic E-state index is -2.92. The van der Waals surface area contributed by atoms with Gasteiger partial charge in [-0.15, -0.1) is 0 Å². The summed E-state index contributed by atoms with van der Waals surface area (Å²) in [6.45, 7) is 9.98. The molecule has 3 rings (SSSR count). The summed E-state index contributed by atoms with van der Waals surface area (Å²) >= 11 is 0. The molecule has 1 saturated carbocycles. The van der Waals surface area contributed by atoms with E-state index in [4.69, 9.17) is 23.7 Å². The molecule has 0 radical (unpaired) electrons. The van der Waals surface area contributed by atoms with Crippen molar-refractivity contribution in [2.24, 2.45) is 5.92 Å². The number of hydrogen-bond acceptors (Lipinski definition) is 8. The summed E-state index contributed by atoms with van der Waals surface area (Å²) < 4.78 is 54.2. The van der Waals surface area contributed by atoms with E-state index in [-0.39, 0.29) is 13.0 Å². The molecule has 212 valence electrons. The molecule has 1 aliphatic carbocycles. The van der Waals surface area contributed by atoms with E-state index in [0.29, 0.717) is 5.75 Å². The molecule has 11 heteroatoms. The van der Waals surface area contributed by atoms with Crippen LogP contribution in [0.4, 0.5) is 18.4 Å². The summed E-state index contributed by atoms with van der Waals surface area (Å²) in [5.74, 6) is -4.10. The Labute approximate surface area is 221 Å². The van der Waals surface area contributed by atoms with Gasteiger partial charge in [-0.25, -0.2) is 18.4 Å². The molecule has 3 atom stereocenters.